The second-order valence-corrected chi connectivity index (χ2v) is 7.23. The average Bonchev–Trinajstić information content (AvgIpc) is 2.96. The highest BCUT2D eigenvalue weighted by Crippen LogP contribution is 2.33. The Morgan fingerprint density at radius 3 is 3.00 bits per heavy atom. The van der Waals surface area contributed by atoms with Crippen LogP contribution in [-0.2, 0) is 12.8 Å². The van der Waals surface area contributed by atoms with Gasteiger partial charge in [0.2, 0.25) is 0 Å². The van der Waals surface area contributed by atoms with Gasteiger partial charge in [0.25, 0.3) is 5.56 Å². The molecule has 3 aromatic rings. The molecular formula is C17H14ClN3O2S. The van der Waals surface area contributed by atoms with Gasteiger partial charge in [-0.1, -0.05) is 11.6 Å². The minimum atomic E-state index is -0.138. The van der Waals surface area contributed by atoms with E-state index in [0.717, 1.165) is 29.7 Å². The second kappa shape index (κ2) is 6.03. The highest BCUT2D eigenvalue weighted by atomic mass is 35.5. The quantitative estimate of drug-likeness (QED) is 0.711. The molecule has 4 rings (SSSR count). The molecular weight excluding hydrogens is 346 g/mol. The summed E-state index contributed by atoms with van der Waals surface area (Å²) < 4.78 is 1.25. The molecule has 1 aromatic carbocycles. The number of benzene rings is 1. The average molecular weight is 360 g/mol. The Balaban J connectivity index is 1.77. The first-order valence-electron chi connectivity index (χ1n) is 7.68. The van der Waals surface area contributed by atoms with E-state index in [2.05, 4.69) is 10.1 Å². The van der Waals surface area contributed by atoms with Gasteiger partial charge in [0.05, 0.1) is 16.6 Å². The van der Waals surface area contributed by atoms with E-state index in [4.69, 9.17) is 11.6 Å². The Bertz CT molecular complexity index is 1020. The molecule has 0 aliphatic heterocycles. The van der Waals surface area contributed by atoms with Crippen molar-refractivity contribution in [1.29, 1.82) is 0 Å². The summed E-state index contributed by atoms with van der Waals surface area (Å²) in [6, 6.07) is 4.75. The van der Waals surface area contributed by atoms with Crippen LogP contribution in [0.1, 0.15) is 28.8 Å². The third-order valence-electron chi connectivity index (χ3n) is 4.16. The lowest BCUT2D eigenvalue weighted by molar-refractivity contribution is 0.475. The van der Waals surface area contributed by atoms with Crippen LogP contribution < -0.4 is 5.56 Å². The molecule has 122 valence electrons. The van der Waals surface area contributed by atoms with Crippen molar-refractivity contribution < 1.29 is 5.11 Å². The summed E-state index contributed by atoms with van der Waals surface area (Å²) in [5.41, 5.74) is 1.70. The maximum absolute atomic E-state index is 12.8. The van der Waals surface area contributed by atoms with Crippen LogP contribution in [-0.4, -0.2) is 21.0 Å². The van der Waals surface area contributed by atoms with Crippen molar-refractivity contribution in [1.82, 2.24) is 9.66 Å². The minimum Gasteiger partial charge on any atom is -0.506 e. The molecule has 0 spiro atoms. The molecule has 0 radical (unpaired) electrons. The molecule has 0 atom stereocenters. The number of nitrogens with zero attached hydrogens (tertiary/aromatic N) is 3. The number of hydrogen-bond donors (Lipinski definition) is 1. The summed E-state index contributed by atoms with van der Waals surface area (Å²) in [6.45, 7) is 0. The zero-order chi connectivity index (χ0) is 16.7. The summed E-state index contributed by atoms with van der Waals surface area (Å²) in [5, 5.41) is 14.6. The van der Waals surface area contributed by atoms with Crippen LogP contribution >= 0.6 is 22.9 Å². The fraction of sp³-hybridized carbons (Fsp3) is 0.235. The van der Waals surface area contributed by atoms with Gasteiger partial charge in [0, 0.05) is 4.88 Å². The van der Waals surface area contributed by atoms with Crippen LogP contribution in [0.15, 0.2) is 34.4 Å². The largest absolute Gasteiger partial charge is 0.506 e. The smallest absolute Gasteiger partial charge is 0.282 e. The van der Waals surface area contributed by atoms with Crippen LogP contribution in [0.5, 0.6) is 5.75 Å². The standard InChI is InChI=1S/C17H14ClN3O2S/c18-12-7-10(5-6-13(12)22)8-20-21-9-19-16-15(17(21)23)11-3-1-2-4-14(11)24-16/h5-9,22H,1-4H2/b20-8+. The van der Waals surface area contributed by atoms with E-state index in [9.17, 15) is 9.90 Å². The lowest BCUT2D eigenvalue weighted by Gasteiger charge is -2.09. The van der Waals surface area contributed by atoms with E-state index >= 15 is 0 Å². The third-order valence-corrected chi connectivity index (χ3v) is 5.66. The number of phenolic OH excluding ortho intramolecular Hbond substituents is 1. The van der Waals surface area contributed by atoms with Gasteiger partial charge in [0.15, 0.2) is 0 Å². The number of fused-ring (bicyclic) bond motifs is 3. The van der Waals surface area contributed by atoms with Crippen LogP contribution in [0.3, 0.4) is 0 Å². The summed E-state index contributed by atoms with van der Waals surface area (Å²) in [6.07, 6.45) is 7.24. The predicted octanol–water partition coefficient (Wildman–Crippen LogP) is 3.58. The lowest BCUT2D eigenvalue weighted by Crippen LogP contribution is -2.18. The Labute approximate surface area is 146 Å². The van der Waals surface area contributed by atoms with E-state index in [-0.39, 0.29) is 16.3 Å². The van der Waals surface area contributed by atoms with Crippen molar-refractivity contribution in [3.05, 3.63) is 55.9 Å². The summed E-state index contributed by atoms with van der Waals surface area (Å²) in [7, 11) is 0. The molecule has 0 fully saturated rings. The van der Waals surface area contributed by atoms with Crippen LogP contribution in [0, 0.1) is 0 Å². The first-order valence-corrected chi connectivity index (χ1v) is 8.88. The maximum atomic E-state index is 12.8. The van der Waals surface area contributed by atoms with E-state index in [0.29, 0.717) is 10.9 Å². The zero-order valence-corrected chi connectivity index (χ0v) is 14.3. The Hall–Kier alpha value is -2.18. The first-order chi connectivity index (χ1) is 11.6. The highest BCUT2D eigenvalue weighted by molar-refractivity contribution is 7.18. The highest BCUT2D eigenvalue weighted by Gasteiger charge is 2.19. The van der Waals surface area contributed by atoms with E-state index in [1.807, 2.05) is 0 Å². The predicted molar refractivity (Wildman–Crippen MR) is 96.6 cm³/mol. The molecule has 1 aliphatic rings. The van der Waals surface area contributed by atoms with Gasteiger partial charge < -0.3 is 5.11 Å². The fourth-order valence-electron chi connectivity index (χ4n) is 2.95. The van der Waals surface area contributed by atoms with Gasteiger partial charge >= 0.3 is 0 Å². The summed E-state index contributed by atoms with van der Waals surface area (Å²) in [4.78, 5) is 19.2. The Morgan fingerprint density at radius 1 is 1.33 bits per heavy atom. The van der Waals surface area contributed by atoms with E-state index in [1.165, 1.54) is 34.6 Å². The lowest BCUT2D eigenvalue weighted by atomic mass is 9.97. The molecule has 0 saturated heterocycles. The summed E-state index contributed by atoms with van der Waals surface area (Å²) >= 11 is 7.50. The van der Waals surface area contributed by atoms with Gasteiger partial charge in [0.1, 0.15) is 16.9 Å². The van der Waals surface area contributed by atoms with E-state index in [1.54, 1.807) is 23.5 Å². The zero-order valence-electron chi connectivity index (χ0n) is 12.7. The number of thiophene rings is 1. The van der Waals surface area contributed by atoms with Gasteiger partial charge in [-0.25, -0.2) is 4.98 Å². The molecule has 1 N–H and O–H groups in total. The van der Waals surface area contributed by atoms with Crippen molar-refractivity contribution in [3.63, 3.8) is 0 Å². The molecule has 0 bridgehead atoms. The molecule has 2 heterocycles. The first kappa shape index (κ1) is 15.4. The van der Waals surface area contributed by atoms with Crippen LogP contribution in [0.2, 0.25) is 5.02 Å². The van der Waals surface area contributed by atoms with Gasteiger partial charge in [-0.05, 0) is 55.0 Å². The van der Waals surface area contributed by atoms with Crippen molar-refractivity contribution in [3.8, 4) is 5.75 Å². The van der Waals surface area contributed by atoms with Crippen LogP contribution in [0.25, 0.3) is 10.2 Å². The second-order valence-electron chi connectivity index (χ2n) is 5.74. The van der Waals surface area contributed by atoms with Crippen molar-refractivity contribution in [2.75, 3.05) is 0 Å². The third kappa shape index (κ3) is 2.61. The fourth-order valence-corrected chi connectivity index (χ4v) is 4.36. The van der Waals surface area contributed by atoms with Crippen molar-refractivity contribution in [2.24, 2.45) is 5.10 Å². The molecule has 7 heteroatoms. The van der Waals surface area contributed by atoms with Crippen LogP contribution in [0.4, 0.5) is 0 Å². The number of aromatic nitrogens is 2. The molecule has 24 heavy (non-hydrogen) atoms. The number of hydrogen-bond acceptors (Lipinski definition) is 5. The van der Waals surface area contributed by atoms with Gasteiger partial charge in [-0.2, -0.15) is 9.78 Å². The number of rotatable bonds is 2. The molecule has 0 saturated carbocycles. The molecule has 0 amide bonds. The molecule has 1 aliphatic carbocycles. The van der Waals surface area contributed by atoms with Crippen molar-refractivity contribution >= 4 is 39.4 Å². The number of halogens is 1. The summed E-state index contributed by atoms with van der Waals surface area (Å²) in [5.74, 6) is 0.0129. The van der Waals surface area contributed by atoms with Crippen molar-refractivity contribution in [2.45, 2.75) is 25.7 Å². The maximum Gasteiger partial charge on any atom is 0.282 e. The topological polar surface area (TPSA) is 67.5 Å². The molecule has 5 nitrogen and oxygen atoms in total. The van der Waals surface area contributed by atoms with Gasteiger partial charge in [-0.3, -0.25) is 4.79 Å². The van der Waals surface area contributed by atoms with Gasteiger partial charge in [-0.15, -0.1) is 11.3 Å². The normalized spacial score (nSPS) is 14.4. The Morgan fingerprint density at radius 2 is 2.17 bits per heavy atom. The Kier molecular flexibility index (Phi) is 3.86. The monoisotopic (exact) mass is 359 g/mol. The molecule has 0 unspecified atom stereocenters. The number of phenols is 1. The molecule has 2 aromatic heterocycles. The van der Waals surface area contributed by atoms with E-state index < -0.39 is 0 Å². The minimum absolute atomic E-state index is 0.0129. The number of aryl methyl sites for hydroxylation is 2. The SMILES string of the molecule is O=c1c2c3c(sc2ncn1/N=C/c1ccc(O)c(Cl)c1)CCCC3. The number of aromatic hydroxyl groups is 1.